The molecule has 0 saturated heterocycles. The number of anilines is 1. The second-order valence-corrected chi connectivity index (χ2v) is 7.67. The van der Waals surface area contributed by atoms with E-state index in [2.05, 4.69) is 20.0 Å². The molecule has 0 atom stereocenters. The molecule has 0 aliphatic carbocycles. The first kappa shape index (κ1) is 19.5. The average Bonchev–Trinajstić information content (AvgIpc) is 2.72. The van der Waals surface area contributed by atoms with E-state index in [0.29, 0.717) is 18.7 Å². The van der Waals surface area contributed by atoms with Gasteiger partial charge in [-0.3, -0.25) is 19.5 Å². The molecule has 3 rings (SSSR count). The van der Waals surface area contributed by atoms with Crippen molar-refractivity contribution in [3.63, 3.8) is 0 Å². The zero-order valence-electron chi connectivity index (χ0n) is 15.1. The number of aromatic nitrogens is 2. The van der Waals surface area contributed by atoms with Crippen molar-refractivity contribution in [2.24, 2.45) is 0 Å². The van der Waals surface area contributed by atoms with Crippen LogP contribution >= 0.6 is 0 Å². The van der Waals surface area contributed by atoms with Gasteiger partial charge in [0.1, 0.15) is 4.90 Å². The van der Waals surface area contributed by atoms with E-state index in [0.717, 1.165) is 12.1 Å². The summed E-state index contributed by atoms with van der Waals surface area (Å²) < 4.78 is 27.9. The molecule has 2 heterocycles. The summed E-state index contributed by atoms with van der Waals surface area (Å²) in [5, 5.41) is 2.77. The van der Waals surface area contributed by atoms with Crippen LogP contribution in [0.1, 0.15) is 22.5 Å². The van der Waals surface area contributed by atoms with Gasteiger partial charge in [0, 0.05) is 24.6 Å². The summed E-state index contributed by atoms with van der Waals surface area (Å²) in [4.78, 5) is 20.6. The summed E-state index contributed by atoms with van der Waals surface area (Å²) in [7, 11) is -3.92. The van der Waals surface area contributed by atoms with Crippen LogP contribution in [-0.4, -0.2) is 30.8 Å². The van der Waals surface area contributed by atoms with Crippen molar-refractivity contribution >= 4 is 21.6 Å². The van der Waals surface area contributed by atoms with E-state index in [4.69, 9.17) is 0 Å². The van der Waals surface area contributed by atoms with Crippen molar-refractivity contribution in [1.82, 2.24) is 15.3 Å². The molecule has 8 heteroatoms. The van der Waals surface area contributed by atoms with Crippen molar-refractivity contribution in [1.29, 1.82) is 0 Å². The first-order valence-electron chi connectivity index (χ1n) is 8.76. The van der Waals surface area contributed by atoms with Crippen molar-refractivity contribution in [2.45, 2.75) is 17.7 Å². The van der Waals surface area contributed by atoms with Crippen molar-refractivity contribution in [2.75, 3.05) is 11.3 Å². The first-order chi connectivity index (χ1) is 13.6. The van der Waals surface area contributed by atoms with E-state index in [-0.39, 0.29) is 10.5 Å². The molecule has 0 unspecified atom stereocenters. The molecule has 144 valence electrons. The van der Waals surface area contributed by atoms with Crippen molar-refractivity contribution in [3.05, 3.63) is 84.4 Å². The molecule has 2 aromatic heterocycles. The lowest BCUT2D eigenvalue weighted by atomic mass is 10.2. The van der Waals surface area contributed by atoms with Crippen LogP contribution in [0.3, 0.4) is 0 Å². The maximum absolute atomic E-state index is 12.7. The fourth-order valence-electron chi connectivity index (χ4n) is 2.63. The predicted molar refractivity (Wildman–Crippen MR) is 106 cm³/mol. The minimum absolute atomic E-state index is 0.0823. The molecule has 0 aliphatic rings. The topological polar surface area (TPSA) is 101 Å². The lowest BCUT2D eigenvalue weighted by Crippen LogP contribution is -2.27. The predicted octanol–water partition coefficient (Wildman–Crippen LogP) is 2.64. The highest BCUT2D eigenvalue weighted by atomic mass is 32.2. The highest BCUT2D eigenvalue weighted by molar-refractivity contribution is 7.92. The summed E-state index contributed by atoms with van der Waals surface area (Å²) in [6.07, 6.45) is 6.10. The Bertz CT molecular complexity index is 1030. The maximum Gasteiger partial charge on any atom is 0.262 e. The van der Waals surface area contributed by atoms with Crippen LogP contribution < -0.4 is 10.0 Å². The summed E-state index contributed by atoms with van der Waals surface area (Å²) in [6, 6.07) is 15.0. The molecule has 0 radical (unpaired) electrons. The molecular weight excluding hydrogens is 376 g/mol. The molecule has 3 aromatic rings. The Morgan fingerprint density at radius 3 is 2.54 bits per heavy atom. The van der Waals surface area contributed by atoms with Crippen LogP contribution in [0, 0.1) is 0 Å². The Morgan fingerprint density at radius 1 is 0.964 bits per heavy atom. The second kappa shape index (κ2) is 9.09. The normalized spacial score (nSPS) is 11.0. The van der Waals surface area contributed by atoms with Gasteiger partial charge in [-0.05, 0) is 49.2 Å². The number of carbonyl (C=O) groups excluding carboxylic acids is 1. The second-order valence-electron chi connectivity index (χ2n) is 6.02. The lowest BCUT2D eigenvalue weighted by Gasteiger charge is -2.12. The van der Waals surface area contributed by atoms with Gasteiger partial charge in [0.05, 0.1) is 17.4 Å². The minimum atomic E-state index is -3.92. The smallest absolute Gasteiger partial charge is 0.262 e. The molecular formula is C20H20N4O3S. The standard InChI is InChI=1S/C20H20N4O3S/c25-20(23-14-6-8-16-7-3-4-13-22-16)18-10-1-2-11-19(18)28(26,27)24-17-9-5-12-21-15-17/h1-5,7,9-13,15,24H,6,8,14H2,(H,23,25). The van der Waals surface area contributed by atoms with E-state index < -0.39 is 15.9 Å². The van der Waals surface area contributed by atoms with Crippen molar-refractivity contribution in [3.8, 4) is 0 Å². The highest BCUT2D eigenvalue weighted by Crippen LogP contribution is 2.19. The van der Waals surface area contributed by atoms with Gasteiger partial charge in [-0.25, -0.2) is 8.42 Å². The molecule has 0 fully saturated rings. The number of benzene rings is 1. The summed E-state index contributed by atoms with van der Waals surface area (Å²) in [5.41, 5.74) is 1.37. The number of amides is 1. The monoisotopic (exact) mass is 396 g/mol. The van der Waals surface area contributed by atoms with E-state index in [1.807, 2.05) is 18.2 Å². The zero-order chi connectivity index (χ0) is 19.8. The van der Waals surface area contributed by atoms with Gasteiger partial charge >= 0.3 is 0 Å². The third-order valence-corrected chi connectivity index (χ3v) is 5.40. The number of pyridine rings is 2. The number of aryl methyl sites for hydroxylation is 1. The molecule has 2 N–H and O–H groups in total. The first-order valence-corrected chi connectivity index (χ1v) is 10.2. The lowest BCUT2D eigenvalue weighted by molar-refractivity contribution is 0.0950. The number of nitrogens with one attached hydrogen (secondary N) is 2. The van der Waals surface area contributed by atoms with Crippen molar-refractivity contribution < 1.29 is 13.2 Å². The molecule has 0 bridgehead atoms. The Hall–Kier alpha value is -3.26. The molecule has 0 spiro atoms. The number of carbonyl (C=O) groups is 1. The number of nitrogens with zero attached hydrogens (tertiary/aromatic N) is 2. The van der Waals surface area contributed by atoms with Gasteiger partial charge in [0.15, 0.2) is 0 Å². The quantitative estimate of drug-likeness (QED) is 0.570. The third kappa shape index (κ3) is 5.14. The molecule has 0 aliphatic heterocycles. The largest absolute Gasteiger partial charge is 0.352 e. The van der Waals surface area contributed by atoms with Crippen LogP contribution in [-0.2, 0) is 16.4 Å². The molecule has 1 amide bonds. The summed E-state index contributed by atoms with van der Waals surface area (Å²) in [6.45, 7) is 0.416. The summed E-state index contributed by atoms with van der Waals surface area (Å²) in [5.74, 6) is -0.437. The van der Waals surface area contributed by atoms with Gasteiger partial charge < -0.3 is 5.32 Å². The Balaban J connectivity index is 1.66. The molecule has 7 nitrogen and oxygen atoms in total. The number of hydrogen-bond acceptors (Lipinski definition) is 5. The third-order valence-electron chi connectivity index (χ3n) is 3.96. The molecule has 1 aromatic carbocycles. The maximum atomic E-state index is 12.7. The number of rotatable bonds is 8. The van der Waals surface area contributed by atoms with E-state index >= 15 is 0 Å². The molecule has 0 saturated carbocycles. The Morgan fingerprint density at radius 2 is 1.79 bits per heavy atom. The van der Waals surface area contributed by atoms with Gasteiger partial charge in [0.2, 0.25) is 0 Å². The minimum Gasteiger partial charge on any atom is -0.352 e. The molecule has 28 heavy (non-hydrogen) atoms. The highest BCUT2D eigenvalue weighted by Gasteiger charge is 2.22. The van der Waals surface area contributed by atoms with Crippen LogP contribution in [0.4, 0.5) is 5.69 Å². The van der Waals surface area contributed by atoms with Gasteiger partial charge in [-0.1, -0.05) is 18.2 Å². The van der Waals surface area contributed by atoms with E-state index in [9.17, 15) is 13.2 Å². The average molecular weight is 396 g/mol. The summed E-state index contributed by atoms with van der Waals surface area (Å²) >= 11 is 0. The Kier molecular flexibility index (Phi) is 6.33. The number of sulfonamides is 1. The van der Waals surface area contributed by atoms with Crippen LogP contribution in [0.2, 0.25) is 0 Å². The van der Waals surface area contributed by atoms with Gasteiger partial charge in [-0.15, -0.1) is 0 Å². The SMILES string of the molecule is O=C(NCCCc1ccccn1)c1ccccc1S(=O)(=O)Nc1cccnc1. The van der Waals surface area contributed by atoms with Gasteiger partial charge in [0.25, 0.3) is 15.9 Å². The van der Waals surface area contributed by atoms with Gasteiger partial charge in [-0.2, -0.15) is 0 Å². The van der Waals surface area contributed by atoms with Crippen LogP contribution in [0.25, 0.3) is 0 Å². The van der Waals surface area contributed by atoms with Crippen LogP contribution in [0.15, 0.2) is 78.1 Å². The van der Waals surface area contributed by atoms with E-state index in [1.54, 1.807) is 36.7 Å². The fourth-order valence-corrected chi connectivity index (χ4v) is 3.88. The van der Waals surface area contributed by atoms with E-state index in [1.165, 1.54) is 18.3 Å². The zero-order valence-corrected chi connectivity index (χ0v) is 15.9. The fraction of sp³-hybridized carbons (Fsp3) is 0.150. The number of hydrogen-bond donors (Lipinski definition) is 2. The van der Waals surface area contributed by atoms with Crippen LogP contribution in [0.5, 0.6) is 0 Å². The Labute approximate surface area is 163 Å².